The van der Waals surface area contributed by atoms with Crippen LogP contribution in [0.5, 0.6) is 17.2 Å². The first-order chi connectivity index (χ1) is 12.4. The molecule has 0 unspecified atom stereocenters. The number of phenolic OH excluding ortho intramolecular Hbond substituents is 3. The minimum Gasteiger partial charge on any atom is -0.507 e. The lowest BCUT2D eigenvalue weighted by Gasteiger charge is -2.19. The second-order valence-corrected chi connectivity index (χ2v) is 6.41. The number of carbonyl (C=O) groups excluding carboxylic acids is 1. The fourth-order valence-corrected chi connectivity index (χ4v) is 3.19. The fraction of sp³-hybridized carbons (Fsp3) is 0.190. The molecule has 0 aliphatic carbocycles. The second kappa shape index (κ2) is 6.59. The summed E-state index contributed by atoms with van der Waals surface area (Å²) in [6.45, 7) is 3.72. The number of carbonyl (C=O) groups is 1. The summed E-state index contributed by atoms with van der Waals surface area (Å²) in [5.41, 5.74) is 0.632. The number of rotatable bonds is 3. The van der Waals surface area contributed by atoms with Crippen LogP contribution >= 0.6 is 0 Å². The predicted molar refractivity (Wildman–Crippen MR) is 99.8 cm³/mol. The maximum atomic E-state index is 12.3. The van der Waals surface area contributed by atoms with Gasteiger partial charge in [-0.25, -0.2) is 4.79 Å². The van der Waals surface area contributed by atoms with Gasteiger partial charge in [0.25, 0.3) is 0 Å². The Balaban J connectivity index is 2.52. The average molecular weight is 352 g/mol. The summed E-state index contributed by atoms with van der Waals surface area (Å²) in [4.78, 5) is 12.3. The zero-order valence-electron chi connectivity index (χ0n) is 14.8. The molecule has 0 saturated heterocycles. The Labute approximate surface area is 151 Å². The van der Waals surface area contributed by atoms with Crippen molar-refractivity contribution in [1.82, 2.24) is 0 Å². The third kappa shape index (κ3) is 2.71. The number of fused-ring (bicyclic) bond motifs is 1. The summed E-state index contributed by atoms with van der Waals surface area (Å²) >= 11 is 0. The Kier molecular flexibility index (Phi) is 4.47. The van der Waals surface area contributed by atoms with E-state index in [-0.39, 0.29) is 39.9 Å². The van der Waals surface area contributed by atoms with E-state index in [1.165, 1.54) is 19.2 Å². The molecular formula is C21H20O5. The molecule has 5 heteroatoms. The molecule has 0 heterocycles. The van der Waals surface area contributed by atoms with E-state index < -0.39 is 5.97 Å². The van der Waals surface area contributed by atoms with Gasteiger partial charge in [-0.05, 0) is 28.8 Å². The first-order valence-electron chi connectivity index (χ1n) is 8.25. The minimum atomic E-state index is -0.796. The average Bonchev–Trinajstić information content (AvgIpc) is 2.62. The molecule has 3 aromatic carbocycles. The van der Waals surface area contributed by atoms with Crippen molar-refractivity contribution in [3.63, 3.8) is 0 Å². The molecule has 0 aromatic heterocycles. The van der Waals surface area contributed by atoms with Crippen LogP contribution in [0.15, 0.2) is 42.5 Å². The summed E-state index contributed by atoms with van der Waals surface area (Å²) in [6, 6.07) is 11.9. The van der Waals surface area contributed by atoms with E-state index in [0.717, 1.165) is 5.39 Å². The SMILES string of the molecule is COC(=O)c1c(O)cc(C(C)C)c(O)c1-c1c(O)ccc2ccccc12. The van der Waals surface area contributed by atoms with Crippen LogP contribution in [-0.2, 0) is 4.74 Å². The Bertz CT molecular complexity index is 1000. The molecule has 3 rings (SSSR count). The highest BCUT2D eigenvalue weighted by Crippen LogP contribution is 2.48. The standard InChI is InChI=1S/C21H20O5/c1-11(2)14-10-16(23)18(21(25)26-3)19(20(14)24)17-13-7-5-4-6-12(13)8-9-15(17)22/h4-11,22-24H,1-3H3. The van der Waals surface area contributed by atoms with Crippen molar-refractivity contribution >= 4 is 16.7 Å². The molecule has 0 atom stereocenters. The lowest BCUT2D eigenvalue weighted by atomic mass is 9.88. The van der Waals surface area contributed by atoms with Gasteiger partial charge in [-0.15, -0.1) is 0 Å². The molecule has 3 N–H and O–H groups in total. The van der Waals surface area contributed by atoms with Crippen LogP contribution in [0, 0.1) is 0 Å². The molecule has 0 fully saturated rings. The lowest BCUT2D eigenvalue weighted by molar-refractivity contribution is 0.0598. The molecule has 26 heavy (non-hydrogen) atoms. The monoisotopic (exact) mass is 352 g/mol. The topological polar surface area (TPSA) is 87.0 Å². The highest BCUT2D eigenvalue weighted by Gasteiger charge is 2.28. The molecule has 134 valence electrons. The van der Waals surface area contributed by atoms with Crippen LogP contribution in [-0.4, -0.2) is 28.4 Å². The van der Waals surface area contributed by atoms with Crippen LogP contribution in [0.25, 0.3) is 21.9 Å². The third-order valence-corrected chi connectivity index (χ3v) is 4.48. The molecule has 0 saturated carbocycles. The summed E-state index contributed by atoms with van der Waals surface area (Å²) in [6.07, 6.45) is 0. The zero-order chi connectivity index (χ0) is 19.0. The maximum absolute atomic E-state index is 12.3. The number of phenols is 3. The Morgan fingerprint density at radius 1 is 0.962 bits per heavy atom. The van der Waals surface area contributed by atoms with E-state index in [1.807, 2.05) is 26.0 Å². The molecule has 3 aromatic rings. The molecule has 0 bridgehead atoms. The number of ether oxygens (including phenoxy) is 1. The van der Waals surface area contributed by atoms with E-state index in [0.29, 0.717) is 10.9 Å². The normalized spacial score (nSPS) is 11.1. The van der Waals surface area contributed by atoms with Crippen LogP contribution in [0.4, 0.5) is 0 Å². The quantitative estimate of drug-likeness (QED) is 0.476. The number of hydrogen-bond donors (Lipinski definition) is 3. The van der Waals surface area contributed by atoms with Gasteiger partial charge in [0.15, 0.2) is 0 Å². The second-order valence-electron chi connectivity index (χ2n) is 6.41. The van der Waals surface area contributed by atoms with Crippen molar-refractivity contribution in [2.24, 2.45) is 0 Å². The van der Waals surface area contributed by atoms with Crippen LogP contribution in [0.2, 0.25) is 0 Å². The molecule has 0 radical (unpaired) electrons. The van der Waals surface area contributed by atoms with Gasteiger partial charge in [-0.2, -0.15) is 0 Å². The number of hydrogen-bond acceptors (Lipinski definition) is 5. The van der Waals surface area contributed by atoms with Gasteiger partial charge < -0.3 is 20.1 Å². The van der Waals surface area contributed by atoms with Crippen molar-refractivity contribution < 1.29 is 24.9 Å². The summed E-state index contributed by atoms with van der Waals surface area (Å²) in [5, 5.41) is 33.4. The largest absolute Gasteiger partial charge is 0.507 e. The van der Waals surface area contributed by atoms with E-state index in [4.69, 9.17) is 4.74 Å². The van der Waals surface area contributed by atoms with Gasteiger partial charge >= 0.3 is 5.97 Å². The van der Waals surface area contributed by atoms with Gasteiger partial charge in [-0.1, -0.05) is 44.2 Å². The van der Waals surface area contributed by atoms with E-state index >= 15 is 0 Å². The van der Waals surface area contributed by atoms with Crippen LogP contribution in [0.3, 0.4) is 0 Å². The molecule has 0 aliphatic rings. The van der Waals surface area contributed by atoms with Gasteiger partial charge in [0.05, 0.1) is 7.11 Å². The van der Waals surface area contributed by atoms with Crippen molar-refractivity contribution in [2.75, 3.05) is 7.11 Å². The minimum absolute atomic E-state index is 0.0647. The molecule has 0 amide bonds. The van der Waals surface area contributed by atoms with E-state index in [2.05, 4.69) is 0 Å². The Hall–Kier alpha value is -3.21. The molecular weight excluding hydrogens is 332 g/mol. The first-order valence-corrected chi connectivity index (χ1v) is 8.25. The van der Waals surface area contributed by atoms with Crippen LogP contribution < -0.4 is 0 Å². The number of methoxy groups -OCH3 is 1. The molecule has 0 aliphatic heterocycles. The first kappa shape index (κ1) is 17.6. The van der Waals surface area contributed by atoms with Gasteiger partial charge in [-0.3, -0.25) is 0 Å². The summed E-state index contributed by atoms with van der Waals surface area (Å²) in [5.74, 6) is -1.48. The van der Waals surface area contributed by atoms with Crippen molar-refractivity contribution in [1.29, 1.82) is 0 Å². The van der Waals surface area contributed by atoms with Crippen molar-refractivity contribution in [3.8, 4) is 28.4 Å². The Morgan fingerprint density at radius 2 is 1.65 bits per heavy atom. The van der Waals surface area contributed by atoms with Crippen LogP contribution in [0.1, 0.15) is 35.7 Å². The summed E-state index contributed by atoms with van der Waals surface area (Å²) in [7, 11) is 1.20. The highest BCUT2D eigenvalue weighted by molar-refractivity contribution is 6.09. The van der Waals surface area contributed by atoms with Crippen molar-refractivity contribution in [2.45, 2.75) is 19.8 Å². The number of benzene rings is 3. The Morgan fingerprint density at radius 3 is 2.31 bits per heavy atom. The third-order valence-electron chi connectivity index (χ3n) is 4.48. The number of esters is 1. The van der Waals surface area contributed by atoms with Gasteiger partial charge in [0.1, 0.15) is 22.8 Å². The lowest BCUT2D eigenvalue weighted by Crippen LogP contribution is -2.06. The molecule has 5 nitrogen and oxygen atoms in total. The van der Waals surface area contributed by atoms with Crippen molar-refractivity contribution in [3.05, 3.63) is 53.6 Å². The number of aromatic hydroxyl groups is 3. The highest BCUT2D eigenvalue weighted by atomic mass is 16.5. The smallest absolute Gasteiger partial charge is 0.342 e. The van der Waals surface area contributed by atoms with E-state index in [9.17, 15) is 20.1 Å². The van der Waals surface area contributed by atoms with Gasteiger partial charge in [0, 0.05) is 16.7 Å². The van der Waals surface area contributed by atoms with Gasteiger partial charge in [0.2, 0.25) is 0 Å². The fourth-order valence-electron chi connectivity index (χ4n) is 3.19. The van der Waals surface area contributed by atoms with E-state index in [1.54, 1.807) is 18.2 Å². The summed E-state index contributed by atoms with van der Waals surface area (Å²) < 4.78 is 4.79. The zero-order valence-corrected chi connectivity index (χ0v) is 14.8. The molecule has 0 spiro atoms. The maximum Gasteiger partial charge on any atom is 0.342 e. The predicted octanol–water partition coefficient (Wildman–Crippen LogP) is 4.53.